The van der Waals surface area contributed by atoms with Crippen molar-refractivity contribution in [1.82, 2.24) is 15.0 Å². The third kappa shape index (κ3) is 6.35. The molecular weight excluding hydrogens is 466 g/mol. The number of aliphatic hydroxyl groups excluding tert-OH is 1. The Morgan fingerprint density at radius 3 is 2.51 bits per heavy atom. The molecule has 2 aromatic carbocycles. The number of carbonyl (C=O) groups excluding carboxylic acids is 1. The summed E-state index contributed by atoms with van der Waals surface area (Å²) in [7, 11) is 0. The van der Waals surface area contributed by atoms with E-state index in [1.165, 1.54) is 0 Å². The van der Waals surface area contributed by atoms with Crippen LogP contribution < -0.4 is 10.2 Å². The number of aliphatic hydroxyl groups is 1. The number of nitrogens with zero attached hydrogens (tertiary/aromatic N) is 4. The molecule has 1 saturated heterocycles. The standard InChI is InChI=1S/C29H29N5O3/c35-20-22-3-1-5-24(17-22)29-32-26(18-27(33-29)34-13-15-37-16-14-34)23-7-9-25(10-8-23)31-28(36)11-6-21-4-2-12-30-19-21/h1-5,7-10,12,17-19,35H,6,11,13-16,20H2,(H,31,36). The van der Waals surface area contributed by atoms with Gasteiger partial charge in [-0.1, -0.05) is 36.4 Å². The predicted octanol–water partition coefficient (Wildman–Crippen LogP) is 4.11. The van der Waals surface area contributed by atoms with Crippen LogP contribution in [0, 0.1) is 0 Å². The van der Waals surface area contributed by atoms with E-state index >= 15 is 0 Å². The number of nitrogens with one attached hydrogen (secondary N) is 1. The molecule has 37 heavy (non-hydrogen) atoms. The quantitative estimate of drug-likeness (QED) is 0.379. The molecule has 8 heteroatoms. The first-order chi connectivity index (χ1) is 18.2. The monoisotopic (exact) mass is 495 g/mol. The Labute approximate surface area is 216 Å². The third-order valence-corrected chi connectivity index (χ3v) is 6.24. The Balaban J connectivity index is 1.36. The van der Waals surface area contributed by atoms with Crippen molar-refractivity contribution in [2.24, 2.45) is 0 Å². The molecule has 1 amide bonds. The maximum Gasteiger partial charge on any atom is 0.224 e. The Kier molecular flexibility index (Phi) is 7.78. The van der Waals surface area contributed by atoms with Crippen LogP contribution in [0.3, 0.4) is 0 Å². The van der Waals surface area contributed by atoms with Crippen LogP contribution in [0.2, 0.25) is 0 Å². The predicted molar refractivity (Wildman–Crippen MR) is 143 cm³/mol. The molecule has 188 valence electrons. The fourth-order valence-electron chi connectivity index (χ4n) is 4.23. The molecule has 4 aromatic rings. The highest BCUT2D eigenvalue weighted by Gasteiger charge is 2.17. The molecule has 0 aliphatic carbocycles. The molecule has 0 spiro atoms. The van der Waals surface area contributed by atoms with Gasteiger partial charge in [0.15, 0.2) is 5.82 Å². The minimum absolute atomic E-state index is 0.0423. The number of anilines is 2. The second kappa shape index (κ2) is 11.7. The number of ether oxygens (including phenoxy) is 1. The van der Waals surface area contributed by atoms with Crippen molar-refractivity contribution in [3.05, 3.63) is 90.3 Å². The lowest BCUT2D eigenvalue weighted by Crippen LogP contribution is -2.36. The largest absolute Gasteiger partial charge is 0.392 e. The van der Waals surface area contributed by atoms with E-state index in [1.807, 2.05) is 66.7 Å². The van der Waals surface area contributed by atoms with E-state index < -0.39 is 0 Å². The number of amides is 1. The molecule has 2 N–H and O–H groups in total. The lowest BCUT2D eigenvalue weighted by molar-refractivity contribution is -0.116. The van der Waals surface area contributed by atoms with Crippen LogP contribution in [0.1, 0.15) is 17.5 Å². The van der Waals surface area contributed by atoms with E-state index in [0.717, 1.165) is 52.5 Å². The number of aryl methyl sites for hydroxylation is 1. The molecule has 2 aromatic heterocycles. The average Bonchev–Trinajstić information content (AvgIpc) is 2.97. The van der Waals surface area contributed by atoms with E-state index in [9.17, 15) is 9.90 Å². The number of carbonyl (C=O) groups is 1. The van der Waals surface area contributed by atoms with Crippen molar-refractivity contribution >= 4 is 17.4 Å². The van der Waals surface area contributed by atoms with Crippen molar-refractivity contribution in [3.63, 3.8) is 0 Å². The van der Waals surface area contributed by atoms with Crippen LogP contribution in [-0.4, -0.2) is 52.3 Å². The van der Waals surface area contributed by atoms with Crippen molar-refractivity contribution in [1.29, 1.82) is 0 Å². The van der Waals surface area contributed by atoms with Gasteiger partial charge in [-0.05, 0) is 41.8 Å². The van der Waals surface area contributed by atoms with E-state index in [1.54, 1.807) is 12.4 Å². The normalized spacial score (nSPS) is 13.4. The number of hydrogen-bond acceptors (Lipinski definition) is 7. The number of rotatable bonds is 8. The summed E-state index contributed by atoms with van der Waals surface area (Å²) in [6.45, 7) is 2.79. The molecule has 0 atom stereocenters. The summed E-state index contributed by atoms with van der Waals surface area (Å²) in [5, 5.41) is 12.6. The Bertz CT molecular complexity index is 1340. The van der Waals surface area contributed by atoms with Crippen LogP contribution in [-0.2, 0) is 22.6 Å². The van der Waals surface area contributed by atoms with Gasteiger partial charge in [-0.2, -0.15) is 0 Å². The Morgan fingerprint density at radius 2 is 1.76 bits per heavy atom. The van der Waals surface area contributed by atoms with Crippen LogP contribution in [0.5, 0.6) is 0 Å². The molecule has 0 bridgehead atoms. The molecule has 0 unspecified atom stereocenters. The van der Waals surface area contributed by atoms with E-state index in [-0.39, 0.29) is 12.5 Å². The highest BCUT2D eigenvalue weighted by atomic mass is 16.5. The molecule has 1 aliphatic rings. The van der Waals surface area contributed by atoms with Gasteiger partial charge in [0.25, 0.3) is 0 Å². The van der Waals surface area contributed by atoms with E-state index in [4.69, 9.17) is 14.7 Å². The zero-order chi connectivity index (χ0) is 25.5. The molecule has 0 radical (unpaired) electrons. The second-order valence-electron chi connectivity index (χ2n) is 8.88. The van der Waals surface area contributed by atoms with E-state index in [0.29, 0.717) is 31.9 Å². The summed E-state index contributed by atoms with van der Waals surface area (Å²) in [5.41, 5.74) is 5.13. The summed E-state index contributed by atoms with van der Waals surface area (Å²) in [4.78, 5) is 28.4. The van der Waals surface area contributed by atoms with Gasteiger partial charge in [0.1, 0.15) is 5.82 Å². The summed E-state index contributed by atoms with van der Waals surface area (Å²) < 4.78 is 5.52. The molecule has 3 heterocycles. The first-order valence-corrected chi connectivity index (χ1v) is 12.4. The smallest absolute Gasteiger partial charge is 0.224 e. The second-order valence-corrected chi connectivity index (χ2v) is 8.88. The molecule has 0 saturated carbocycles. The summed E-state index contributed by atoms with van der Waals surface area (Å²) in [5.74, 6) is 1.40. The molecule has 5 rings (SSSR count). The number of hydrogen-bond donors (Lipinski definition) is 2. The fourth-order valence-corrected chi connectivity index (χ4v) is 4.23. The van der Waals surface area contributed by atoms with Gasteiger partial charge in [-0.3, -0.25) is 9.78 Å². The maximum atomic E-state index is 12.4. The van der Waals surface area contributed by atoms with Crippen molar-refractivity contribution < 1.29 is 14.6 Å². The van der Waals surface area contributed by atoms with Crippen molar-refractivity contribution in [2.75, 3.05) is 36.5 Å². The van der Waals surface area contributed by atoms with E-state index in [2.05, 4.69) is 15.2 Å². The zero-order valence-corrected chi connectivity index (χ0v) is 20.5. The summed E-state index contributed by atoms with van der Waals surface area (Å²) in [6, 6.07) is 21.2. The van der Waals surface area contributed by atoms with Crippen molar-refractivity contribution in [2.45, 2.75) is 19.4 Å². The average molecular weight is 496 g/mol. The van der Waals surface area contributed by atoms with Gasteiger partial charge in [-0.15, -0.1) is 0 Å². The minimum atomic E-state index is -0.0424. The zero-order valence-electron chi connectivity index (χ0n) is 20.5. The molecule has 1 fully saturated rings. The Morgan fingerprint density at radius 1 is 0.946 bits per heavy atom. The van der Waals surface area contributed by atoms with Crippen LogP contribution in [0.15, 0.2) is 79.1 Å². The highest BCUT2D eigenvalue weighted by molar-refractivity contribution is 5.91. The maximum absolute atomic E-state index is 12.4. The van der Waals surface area contributed by atoms with Crippen LogP contribution in [0.25, 0.3) is 22.6 Å². The van der Waals surface area contributed by atoms with Crippen LogP contribution in [0.4, 0.5) is 11.5 Å². The number of morpholine rings is 1. The molecule has 8 nitrogen and oxygen atoms in total. The summed E-state index contributed by atoms with van der Waals surface area (Å²) in [6.07, 6.45) is 4.53. The highest BCUT2D eigenvalue weighted by Crippen LogP contribution is 2.28. The minimum Gasteiger partial charge on any atom is -0.392 e. The fraction of sp³-hybridized carbons (Fsp3) is 0.241. The lowest BCUT2D eigenvalue weighted by Gasteiger charge is -2.28. The van der Waals surface area contributed by atoms with Gasteiger partial charge < -0.3 is 20.1 Å². The topological polar surface area (TPSA) is 100 Å². The van der Waals surface area contributed by atoms with Crippen molar-refractivity contribution in [3.8, 4) is 22.6 Å². The van der Waals surface area contributed by atoms with Gasteiger partial charge in [0, 0.05) is 54.8 Å². The van der Waals surface area contributed by atoms with Gasteiger partial charge in [0.2, 0.25) is 5.91 Å². The Hall–Kier alpha value is -4.14. The first-order valence-electron chi connectivity index (χ1n) is 12.4. The SMILES string of the molecule is O=C(CCc1cccnc1)Nc1ccc(-c2cc(N3CCOCC3)nc(-c3cccc(CO)c3)n2)cc1. The van der Waals surface area contributed by atoms with Gasteiger partial charge >= 0.3 is 0 Å². The first kappa shape index (κ1) is 24.5. The number of benzene rings is 2. The van der Waals surface area contributed by atoms with Crippen LogP contribution >= 0.6 is 0 Å². The summed E-state index contributed by atoms with van der Waals surface area (Å²) >= 11 is 0. The number of pyridine rings is 1. The lowest BCUT2D eigenvalue weighted by atomic mass is 10.1. The molecular formula is C29H29N5O3. The third-order valence-electron chi connectivity index (χ3n) is 6.24. The van der Waals surface area contributed by atoms with Gasteiger partial charge in [0.05, 0.1) is 25.5 Å². The molecule has 1 aliphatic heterocycles. The number of aromatic nitrogens is 3. The van der Waals surface area contributed by atoms with Gasteiger partial charge in [-0.25, -0.2) is 9.97 Å².